The molecule has 0 aliphatic rings. The number of anilines is 4. The van der Waals surface area contributed by atoms with Crippen molar-refractivity contribution in [2.75, 3.05) is 125 Å². The van der Waals surface area contributed by atoms with Crippen LogP contribution in [0.2, 0.25) is 0 Å². The molecule has 2 radical (unpaired) electrons. The number of halogens is 4. The molecule has 0 spiro atoms. The Hall–Kier alpha value is -6.12. The Balaban J connectivity index is -0.0000000811. The van der Waals surface area contributed by atoms with Crippen LogP contribution in [0.3, 0.4) is 0 Å². The number of carbonyl (C=O) groups is 4. The summed E-state index contributed by atoms with van der Waals surface area (Å²) < 4.78 is 0. The summed E-state index contributed by atoms with van der Waals surface area (Å²) in [7, 11) is 2.00. The second kappa shape index (κ2) is 91.1. The normalized spacial score (nSPS) is 9.40. The first-order valence-corrected chi connectivity index (χ1v) is 26.9. The third kappa shape index (κ3) is 107. The molecule has 0 saturated carbocycles. The maximum absolute atomic E-state index is 11.0. The Bertz CT molecular complexity index is 2120. The van der Waals surface area contributed by atoms with E-state index in [1.165, 1.54) is 27.7 Å². The van der Waals surface area contributed by atoms with E-state index in [1.54, 1.807) is 107 Å². The van der Waals surface area contributed by atoms with Gasteiger partial charge in [0.1, 0.15) is 23.3 Å². The Morgan fingerprint density at radius 2 is 0.606 bits per heavy atom. The number of alkyl halides is 4. The third-order valence-corrected chi connectivity index (χ3v) is 7.46. The van der Waals surface area contributed by atoms with Crippen molar-refractivity contribution in [3.63, 3.8) is 0 Å². The summed E-state index contributed by atoms with van der Waals surface area (Å²) in [6, 6.07) is 20.5. The zero-order valence-corrected chi connectivity index (χ0v) is 58.7. The van der Waals surface area contributed by atoms with Crippen molar-refractivity contribution in [2.24, 2.45) is 0 Å². The summed E-state index contributed by atoms with van der Waals surface area (Å²) in [6.07, 6.45) is 10.2. The van der Waals surface area contributed by atoms with Crippen molar-refractivity contribution in [2.45, 2.75) is 27.7 Å². The van der Waals surface area contributed by atoms with Crippen LogP contribution >= 0.6 is 46.4 Å². The molecule has 0 unspecified atom stereocenters. The van der Waals surface area contributed by atoms with Gasteiger partial charge in [0, 0.05) is 52.1 Å². The van der Waals surface area contributed by atoms with Gasteiger partial charge in [0.05, 0.1) is 34.1 Å². The van der Waals surface area contributed by atoms with Crippen molar-refractivity contribution in [3.8, 4) is 0 Å². The number of amides is 4. The van der Waals surface area contributed by atoms with Gasteiger partial charge in [-0.15, -0.1) is 95.9 Å². The van der Waals surface area contributed by atoms with Crippen LogP contribution in [0.25, 0.3) is 0 Å². The number of aliphatic hydroxyl groups is 4. The van der Waals surface area contributed by atoms with Gasteiger partial charge in [0.2, 0.25) is 23.6 Å². The number of hydrogen-bond acceptors (Lipinski definition) is 28. The van der Waals surface area contributed by atoms with Gasteiger partial charge >= 0.3 is 68.3 Å². The fraction of sp³-hybridized carbons (Fsp3) is 0.385. The van der Waals surface area contributed by atoms with Crippen LogP contribution in [0.1, 0.15) is 27.7 Å². The van der Waals surface area contributed by atoms with Crippen molar-refractivity contribution in [3.05, 3.63) is 176 Å². The van der Waals surface area contributed by atoms with Crippen LogP contribution < -0.4 is 62.1 Å². The minimum Gasteiger partial charge on any atom is -0.875 e. The fourth-order valence-corrected chi connectivity index (χ4v) is 4.60. The number of rotatable bonds is 20. The summed E-state index contributed by atoms with van der Waals surface area (Å²) >= 11 is 19.1. The first-order valence-electron chi connectivity index (χ1n) is 24.8. The molecule has 4 aromatic rings. The molecule has 0 aromatic carbocycles. The maximum atomic E-state index is 11.0. The fourth-order valence-electron chi connectivity index (χ4n) is 4.60. The predicted molar refractivity (Wildman–Crippen MR) is 323 cm³/mol. The summed E-state index contributed by atoms with van der Waals surface area (Å²) in [5.74, 6) is -1.21. The van der Waals surface area contributed by atoms with Crippen LogP contribution in [0, 0.1) is 30.6 Å². The van der Waals surface area contributed by atoms with Gasteiger partial charge in [-0.05, 0) is 99.0 Å². The molecule has 0 fully saturated rings. The third-order valence-electron chi connectivity index (χ3n) is 7.46. The van der Waals surface area contributed by atoms with Crippen molar-refractivity contribution < 1.29 is 159 Å². The Labute approximate surface area is 606 Å². The molecule has 42 heteroatoms. The van der Waals surface area contributed by atoms with E-state index in [1.807, 2.05) is 0 Å². The molecule has 532 valence electrons. The summed E-state index contributed by atoms with van der Waals surface area (Å²) in [5.41, 5.74) is 0. The largest absolute Gasteiger partial charge is 3.00 e. The van der Waals surface area contributed by atoms with Crippen LogP contribution in [-0.2, 0) is 87.5 Å². The average Bonchev–Trinajstić information content (AvgIpc) is 2.44. The Morgan fingerprint density at radius 3 is 0.713 bits per heavy atom. The topological polar surface area (TPSA) is 572 Å². The number of aliphatic hydroxyl groups excluding tert-OH is 4. The van der Waals surface area contributed by atoms with E-state index in [-0.39, 0.29) is 142 Å². The molecule has 0 atom stereocenters. The van der Waals surface area contributed by atoms with E-state index in [4.69, 9.17) is 97.5 Å². The zero-order chi connectivity index (χ0) is 70.9. The van der Waals surface area contributed by atoms with Gasteiger partial charge in [0.15, 0.2) is 0 Å². The van der Waals surface area contributed by atoms with E-state index in [0.717, 1.165) is 38.5 Å². The quantitative estimate of drug-likeness (QED) is 0.0107. The van der Waals surface area contributed by atoms with E-state index in [9.17, 15) is 60.0 Å². The number of pyridine rings is 4. The smallest absolute Gasteiger partial charge is 0.875 e. The van der Waals surface area contributed by atoms with Crippen molar-refractivity contribution in [1.82, 2.24) is 29.7 Å². The molecule has 94 heavy (non-hydrogen) atoms. The van der Waals surface area contributed by atoms with E-state index < -0.39 is 33.8 Å². The predicted octanol–water partition coefficient (Wildman–Crippen LogP) is -3.29. The summed E-state index contributed by atoms with van der Waals surface area (Å²) in [5, 5.41) is 153. The van der Waals surface area contributed by atoms with Crippen molar-refractivity contribution >= 4 is 93.3 Å². The molecular formula is C52H74Cl4Fe2Mn2N12O22. The number of nitrogens with one attached hydrogen (secondary N) is 4. The number of nitrogens with zero attached hydrogens (tertiary/aromatic N) is 8. The molecule has 4 aromatic heterocycles. The van der Waals surface area contributed by atoms with Gasteiger partial charge in [-0.2, -0.15) is 0 Å². The molecular weight excluding hydrogens is 1510 g/mol. The molecule has 34 nitrogen and oxygen atoms in total. The van der Waals surface area contributed by atoms with Crippen LogP contribution in [0.5, 0.6) is 0 Å². The SMILES string of the molecule is C/C([O-])=C/C(=O)Nc1ccccn1.C/C([O-])=C/C(=O)Nc1ccccn1.C/C([O-])=C/C(=O)Nc1ccccn1.C/C([O-])=C/C(=O)Nc1ccccn1.CO.CO.ClCCl.ClCCl.O=[N+]([O-])[O-].O=[N+]([O-])[O-].[Fe+2].[Fe+3].[Mn+2].[Mn+3].[O-]CCN(CC[O-])CCO.[O-]CCN(CC[O-])CCO. The van der Waals surface area contributed by atoms with E-state index in [2.05, 4.69) is 41.2 Å². The summed E-state index contributed by atoms with van der Waals surface area (Å²) in [4.78, 5) is 79.3. The number of carbonyl (C=O) groups excluding carboxylic acids is 4. The second-order valence-electron chi connectivity index (χ2n) is 14.4. The molecule has 4 heterocycles. The van der Waals surface area contributed by atoms with E-state index in [0.29, 0.717) is 62.5 Å². The molecule has 0 saturated heterocycles. The van der Waals surface area contributed by atoms with E-state index >= 15 is 0 Å². The Kier molecular flexibility index (Phi) is 112. The van der Waals surface area contributed by atoms with Gasteiger partial charge < -0.3 is 123 Å². The van der Waals surface area contributed by atoms with Crippen LogP contribution in [0.15, 0.2) is 145 Å². The Morgan fingerprint density at radius 1 is 0.447 bits per heavy atom. The monoisotopic (exact) mass is 1580 g/mol. The molecule has 0 aliphatic heterocycles. The average molecular weight is 1580 g/mol. The van der Waals surface area contributed by atoms with Crippen molar-refractivity contribution in [1.29, 1.82) is 0 Å². The standard InChI is InChI=1S/4C9H10N2O2.2C6H13NO3.2CH2Cl2.2CH4O.2Fe.2Mn.2NO3/c4*1-7(12)6-9(13)11-8-4-2-3-5-10-8;2*8-4-1-7(2-5-9)3-6-10;2*2-1-3;2*1-2;;;;;2*2-1(3)4/h4*2-6,12H,1H3,(H,10,11,13);2*8H,1-6H2;2*1H2;2*2H,1H3;;;;;;/q;;;;2*-2;;;;;+2;+3;+2;+3;2*-1/p-4/b4*7-6-;;;;;;;;;;;;. The van der Waals surface area contributed by atoms with Gasteiger partial charge in [-0.25, -0.2) is 19.9 Å². The zero-order valence-electron chi connectivity index (χ0n) is 51.1. The second-order valence-corrected chi connectivity index (χ2v) is 16.0. The molecule has 0 bridgehead atoms. The first kappa shape index (κ1) is 115. The maximum Gasteiger partial charge on any atom is 3.00 e. The minimum atomic E-state index is -1.75. The molecule has 4 rings (SSSR count). The molecule has 0 aliphatic carbocycles. The number of hydrogen-bond donors (Lipinski definition) is 8. The van der Waals surface area contributed by atoms with Crippen LogP contribution in [-0.4, -0.2) is 188 Å². The van der Waals surface area contributed by atoms with Crippen LogP contribution in [0.4, 0.5) is 23.3 Å². The summed E-state index contributed by atoms with van der Waals surface area (Å²) in [6.45, 7) is 6.79. The van der Waals surface area contributed by atoms with Gasteiger partial charge in [-0.1, -0.05) is 52.0 Å². The van der Waals surface area contributed by atoms with Gasteiger partial charge in [-0.3, -0.25) is 19.2 Å². The molecule has 4 amide bonds. The number of allylic oxidation sites excluding steroid dienone is 4. The number of aromatic nitrogens is 4. The molecule has 8 N–H and O–H groups in total. The first-order chi connectivity index (χ1) is 42.7. The minimum absolute atomic E-state index is 0. The van der Waals surface area contributed by atoms with Gasteiger partial charge in [0.25, 0.3) is 0 Å².